The van der Waals surface area contributed by atoms with E-state index in [1.54, 1.807) is 12.1 Å². The first kappa shape index (κ1) is 12.9. The lowest BCUT2D eigenvalue weighted by Gasteiger charge is -2.42. The van der Waals surface area contributed by atoms with Gasteiger partial charge in [0.15, 0.2) is 0 Å². The Bertz CT molecular complexity index is 409. The van der Waals surface area contributed by atoms with E-state index in [0.717, 1.165) is 44.6 Å². The van der Waals surface area contributed by atoms with Crippen LogP contribution in [0.25, 0.3) is 0 Å². The van der Waals surface area contributed by atoms with Crippen LogP contribution in [-0.2, 0) is 0 Å². The maximum absolute atomic E-state index is 12.8. The summed E-state index contributed by atoms with van der Waals surface area (Å²) >= 11 is 0. The highest BCUT2D eigenvalue weighted by Crippen LogP contribution is 2.24. The Labute approximate surface area is 113 Å². The quantitative estimate of drug-likeness (QED) is 0.902. The Balaban J connectivity index is 1.49. The molecule has 2 saturated heterocycles. The third-order valence-corrected chi connectivity index (χ3v) is 4.17. The topological polar surface area (TPSA) is 24.5 Å². The highest BCUT2D eigenvalue weighted by molar-refractivity contribution is 5.22. The highest BCUT2D eigenvalue weighted by atomic mass is 19.1. The lowest BCUT2D eigenvalue weighted by atomic mass is 9.92. The van der Waals surface area contributed by atoms with E-state index in [4.69, 9.17) is 4.74 Å². The average molecular weight is 264 g/mol. The lowest BCUT2D eigenvalue weighted by molar-refractivity contribution is 0.0650. The summed E-state index contributed by atoms with van der Waals surface area (Å²) in [5.41, 5.74) is 0. The molecule has 0 spiro atoms. The molecular weight excluding hydrogens is 243 g/mol. The van der Waals surface area contributed by atoms with E-state index in [9.17, 15) is 4.39 Å². The fraction of sp³-hybridized carbons (Fsp3) is 0.600. The lowest BCUT2D eigenvalue weighted by Crippen LogP contribution is -2.55. The van der Waals surface area contributed by atoms with Crippen LogP contribution in [0.4, 0.5) is 4.39 Å². The van der Waals surface area contributed by atoms with Gasteiger partial charge in [0.25, 0.3) is 0 Å². The number of piperazine rings is 1. The average Bonchev–Trinajstić information content (AvgIpc) is 2.46. The molecule has 4 heteroatoms. The summed E-state index contributed by atoms with van der Waals surface area (Å²) in [6.07, 6.45) is 2.48. The zero-order chi connectivity index (χ0) is 13.1. The van der Waals surface area contributed by atoms with Crippen molar-refractivity contribution in [1.29, 1.82) is 0 Å². The number of ether oxygens (including phenoxy) is 1. The van der Waals surface area contributed by atoms with Crippen LogP contribution in [-0.4, -0.2) is 43.7 Å². The largest absolute Gasteiger partial charge is 0.493 e. The zero-order valence-electron chi connectivity index (χ0n) is 11.1. The molecule has 2 fully saturated rings. The molecule has 2 heterocycles. The summed E-state index contributed by atoms with van der Waals surface area (Å²) in [6, 6.07) is 7.01. The summed E-state index contributed by atoms with van der Waals surface area (Å²) in [5.74, 6) is 1.15. The summed E-state index contributed by atoms with van der Waals surface area (Å²) in [7, 11) is 0. The minimum absolute atomic E-state index is 0.214. The van der Waals surface area contributed by atoms with Gasteiger partial charge in [-0.2, -0.15) is 0 Å². The predicted octanol–water partition coefficient (Wildman–Crippen LogP) is 1.89. The van der Waals surface area contributed by atoms with Crippen LogP contribution in [0, 0.1) is 11.7 Å². The first-order valence-corrected chi connectivity index (χ1v) is 7.14. The van der Waals surface area contributed by atoms with E-state index < -0.39 is 0 Å². The third kappa shape index (κ3) is 3.25. The van der Waals surface area contributed by atoms with Crippen molar-refractivity contribution in [2.75, 3.05) is 32.8 Å². The Morgan fingerprint density at radius 1 is 1.26 bits per heavy atom. The second kappa shape index (κ2) is 5.88. The van der Waals surface area contributed by atoms with Gasteiger partial charge in [-0.1, -0.05) is 0 Å². The second-order valence-electron chi connectivity index (χ2n) is 5.56. The molecule has 3 nitrogen and oxygen atoms in total. The van der Waals surface area contributed by atoms with Crippen molar-refractivity contribution in [3.05, 3.63) is 30.1 Å². The van der Waals surface area contributed by atoms with Gasteiger partial charge in [-0.05, 0) is 37.1 Å². The maximum Gasteiger partial charge on any atom is 0.123 e. The van der Waals surface area contributed by atoms with Crippen molar-refractivity contribution < 1.29 is 9.13 Å². The molecule has 0 radical (unpaired) electrons. The maximum atomic E-state index is 12.8. The molecule has 104 valence electrons. The number of nitrogens with zero attached hydrogens (tertiary/aromatic N) is 1. The van der Waals surface area contributed by atoms with Crippen LogP contribution >= 0.6 is 0 Å². The molecule has 19 heavy (non-hydrogen) atoms. The van der Waals surface area contributed by atoms with Gasteiger partial charge in [-0.15, -0.1) is 0 Å². The summed E-state index contributed by atoms with van der Waals surface area (Å²) in [6.45, 7) is 5.25. The molecule has 2 atom stereocenters. The molecule has 0 aliphatic carbocycles. The number of rotatable bonds is 3. The van der Waals surface area contributed by atoms with Gasteiger partial charge in [0, 0.05) is 38.1 Å². The third-order valence-electron chi connectivity index (χ3n) is 4.17. The van der Waals surface area contributed by atoms with E-state index in [1.165, 1.54) is 25.0 Å². The van der Waals surface area contributed by atoms with E-state index >= 15 is 0 Å². The van der Waals surface area contributed by atoms with Crippen LogP contribution in [0.3, 0.4) is 0 Å². The van der Waals surface area contributed by atoms with E-state index in [0.29, 0.717) is 5.92 Å². The van der Waals surface area contributed by atoms with E-state index in [-0.39, 0.29) is 5.82 Å². The molecule has 1 unspecified atom stereocenters. The van der Waals surface area contributed by atoms with Crippen LogP contribution in [0.5, 0.6) is 5.75 Å². The normalized spacial score (nSPS) is 27.8. The molecular formula is C15H21FN2O. The van der Waals surface area contributed by atoms with Crippen LogP contribution in [0.1, 0.15) is 12.8 Å². The zero-order valence-corrected chi connectivity index (χ0v) is 11.1. The van der Waals surface area contributed by atoms with Crippen LogP contribution in [0.2, 0.25) is 0 Å². The van der Waals surface area contributed by atoms with Crippen LogP contribution < -0.4 is 10.1 Å². The Hall–Kier alpha value is -1.13. The molecule has 1 aromatic carbocycles. The van der Waals surface area contributed by atoms with Crippen molar-refractivity contribution >= 4 is 0 Å². The molecule has 3 rings (SSSR count). The van der Waals surface area contributed by atoms with Gasteiger partial charge >= 0.3 is 0 Å². The molecule has 2 aliphatic rings. The van der Waals surface area contributed by atoms with E-state index in [2.05, 4.69) is 10.2 Å². The Morgan fingerprint density at radius 2 is 2.11 bits per heavy atom. The smallest absolute Gasteiger partial charge is 0.123 e. The number of nitrogens with one attached hydrogen (secondary N) is 1. The SMILES string of the molecule is Fc1ccc(OCC2CC[C@@H]3CNCCN3C2)cc1. The monoisotopic (exact) mass is 264 g/mol. The minimum Gasteiger partial charge on any atom is -0.493 e. The molecule has 1 aromatic rings. The van der Waals surface area contributed by atoms with Crippen LogP contribution in [0.15, 0.2) is 24.3 Å². The van der Waals surface area contributed by atoms with Gasteiger partial charge in [0.2, 0.25) is 0 Å². The molecule has 2 aliphatic heterocycles. The highest BCUT2D eigenvalue weighted by Gasteiger charge is 2.29. The number of halogens is 1. The molecule has 0 saturated carbocycles. The summed E-state index contributed by atoms with van der Waals surface area (Å²) in [4.78, 5) is 2.58. The fourth-order valence-corrected chi connectivity index (χ4v) is 3.06. The summed E-state index contributed by atoms with van der Waals surface area (Å²) in [5, 5.41) is 3.45. The van der Waals surface area contributed by atoms with Crippen molar-refractivity contribution in [3.63, 3.8) is 0 Å². The number of hydrogen-bond donors (Lipinski definition) is 1. The summed E-state index contributed by atoms with van der Waals surface area (Å²) < 4.78 is 18.6. The number of fused-ring (bicyclic) bond motifs is 1. The fourth-order valence-electron chi connectivity index (χ4n) is 3.06. The minimum atomic E-state index is -0.214. The Morgan fingerprint density at radius 3 is 2.95 bits per heavy atom. The molecule has 0 amide bonds. The number of benzene rings is 1. The number of hydrogen-bond acceptors (Lipinski definition) is 3. The number of piperidine rings is 1. The van der Waals surface area contributed by atoms with Gasteiger partial charge in [-0.3, -0.25) is 4.90 Å². The van der Waals surface area contributed by atoms with Crippen molar-refractivity contribution in [2.24, 2.45) is 5.92 Å². The predicted molar refractivity (Wildman–Crippen MR) is 72.8 cm³/mol. The Kier molecular flexibility index (Phi) is 3.99. The second-order valence-corrected chi connectivity index (χ2v) is 5.56. The first-order chi connectivity index (χ1) is 9.31. The van der Waals surface area contributed by atoms with Crippen molar-refractivity contribution in [2.45, 2.75) is 18.9 Å². The van der Waals surface area contributed by atoms with Crippen molar-refractivity contribution in [3.8, 4) is 5.75 Å². The van der Waals surface area contributed by atoms with E-state index in [1.807, 2.05) is 0 Å². The van der Waals surface area contributed by atoms with Gasteiger partial charge in [-0.25, -0.2) is 4.39 Å². The van der Waals surface area contributed by atoms with Gasteiger partial charge in [0.05, 0.1) is 6.61 Å². The van der Waals surface area contributed by atoms with Gasteiger partial charge < -0.3 is 10.1 Å². The molecule has 0 aromatic heterocycles. The molecule has 0 bridgehead atoms. The van der Waals surface area contributed by atoms with Crippen molar-refractivity contribution in [1.82, 2.24) is 10.2 Å². The standard InChI is InChI=1S/C15H21FN2O/c16-13-2-5-15(6-3-13)19-11-12-1-4-14-9-17-7-8-18(14)10-12/h2-3,5-6,12,14,17H,1,4,7-11H2/t12?,14-/m1/s1. The first-order valence-electron chi connectivity index (χ1n) is 7.14. The molecule has 1 N–H and O–H groups in total. The van der Waals surface area contributed by atoms with Gasteiger partial charge in [0.1, 0.15) is 11.6 Å².